The Hall–Kier alpha value is -1.92. The summed E-state index contributed by atoms with van der Waals surface area (Å²) in [5, 5.41) is 8.05. The van der Waals surface area contributed by atoms with E-state index in [4.69, 9.17) is 13.9 Å². The van der Waals surface area contributed by atoms with Crippen molar-refractivity contribution in [3.05, 3.63) is 41.1 Å². The first kappa shape index (κ1) is 16.5. The molecule has 2 aliphatic rings. The maximum Gasteiger partial charge on any atom is 0.246 e. The van der Waals surface area contributed by atoms with Crippen LogP contribution in [-0.4, -0.2) is 39.9 Å². The Balaban J connectivity index is 1.52. The molecule has 1 aromatic carbocycles. The van der Waals surface area contributed by atoms with Gasteiger partial charge in [0.15, 0.2) is 0 Å². The second kappa shape index (κ2) is 6.11. The van der Waals surface area contributed by atoms with Gasteiger partial charge in [0.05, 0.1) is 6.10 Å². The van der Waals surface area contributed by atoms with Crippen molar-refractivity contribution >= 4 is 0 Å². The van der Waals surface area contributed by atoms with Gasteiger partial charge in [0, 0.05) is 38.5 Å². The first-order valence-corrected chi connectivity index (χ1v) is 8.87. The van der Waals surface area contributed by atoms with Crippen LogP contribution in [0.5, 0.6) is 5.75 Å². The third-order valence-electron chi connectivity index (χ3n) is 4.72. The molecule has 6 nitrogen and oxygen atoms in total. The molecule has 2 aromatic rings. The van der Waals surface area contributed by atoms with Crippen LogP contribution >= 0.6 is 0 Å². The van der Waals surface area contributed by atoms with E-state index < -0.39 is 0 Å². The van der Waals surface area contributed by atoms with E-state index in [-0.39, 0.29) is 17.8 Å². The van der Waals surface area contributed by atoms with Crippen molar-refractivity contribution in [3.8, 4) is 5.75 Å². The molecule has 1 saturated heterocycles. The van der Waals surface area contributed by atoms with Crippen molar-refractivity contribution < 1.29 is 13.9 Å². The minimum Gasteiger partial charge on any atom is -0.487 e. The zero-order valence-electron chi connectivity index (χ0n) is 15.3. The van der Waals surface area contributed by atoms with Gasteiger partial charge >= 0.3 is 0 Å². The third-order valence-corrected chi connectivity index (χ3v) is 4.72. The van der Waals surface area contributed by atoms with Crippen molar-refractivity contribution in [3.63, 3.8) is 0 Å². The monoisotopic (exact) mass is 343 g/mol. The number of aryl methyl sites for hydroxylation is 1. The van der Waals surface area contributed by atoms with E-state index in [9.17, 15) is 0 Å². The zero-order valence-corrected chi connectivity index (χ0v) is 15.3. The highest BCUT2D eigenvalue weighted by Crippen LogP contribution is 2.38. The van der Waals surface area contributed by atoms with Crippen molar-refractivity contribution in [1.82, 2.24) is 15.1 Å². The maximum absolute atomic E-state index is 6.21. The summed E-state index contributed by atoms with van der Waals surface area (Å²) in [5.74, 6) is 2.18. The van der Waals surface area contributed by atoms with Crippen LogP contribution in [0.15, 0.2) is 22.6 Å². The third kappa shape index (κ3) is 3.41. The summed E-state index contributed by atoms with van der Waals surface area (Å²) in [6, 6.07) is 6.45. The number of benzene rings is 1. The number of hydrogen-bond donors (Lipinski definition) is 0. The molecule has 4 rings (SSSR count). The summed E-state index contributed by atoms with van der Waals surface area (Å²) in [7, 11) is 0. The molecule has 0 bridgehead atoms. The van der Waals surface area contributed by atoms with E-state index in [1.807, 2.05) is 0 Å². The SMILES string of the molecule is Cc1nnc([C@H]2CN(Cc3cccc4c3OC(C)(C)C4)C[C@@H](C)O2)o1. The predicted molar refractivity (Wildman–Crippen MR) is 92.5 cm³/mol. The standard InChI is InChI=1S/C19H25N3O3/c1-12-9-22(11-16(23-12)18-21-20-13(2)24-18)10-15-7-5-6-14-8-19(3,4)25-17(14)15/h5-7,12,16H,8-11H2,1-4H3/t12-,16-/m1/s1. The Morgan fingerprint density at radius 3 is 2.84 bits per heavy atom. The van der Waals surface area contributed by atoms with Crippen molar-refractivity contribution in [1.29, 1.82) is 0 Å². The van der Waals surface area contributed by atoms with Crippen LogP contribution in [-0.2, 0) is 17.7 Å². The van der Waals surface area contributed by atoms with Gasteiger partial charge in [-0.05, 0) is 26.3 Å². The Kier molecular flexibility index (Phi) is 4.04. The topological polar surface area (TPSA) is 60.6 Å². The number of nitrogens with zero attached hydrogens (tertiary/aromatic N) is 3. The van der Waals surface area contributed by atoms with Crippen LogP contribution in [0.3, 0.4) is 0 Å². The predicted octanol–water partition coefficient (Wildman–Crippen LogP) is 3.05. The molecule has 3 heterocycles. The molecule has 0 N–H and O–H groups in total. The Labute approximate surface area is 148 Å². The van der Waals surface area contributed by atoms with Crippen molar-refractivity contribution in [2.24, 2.45) is 0 Å². The van der Waals surface area contributed by atoms with Crippen molar-refractivity contribution in [2.45, 2.75) is 58.5 Å². The summed E-state index contributed by atoms with van der Waals surface area (Å²) >= 11 is 0. The number of aromatic nitrogens is 2. The lowest BCUT2D eigenvalue weighted by Crippen LogP contribution is -2.42. The van der Waals surface area contributed by atoms with Gasteiger partial charge in [-0.3, -0.25) is 4.90 Å². The molecule has 0 saturated carbocycles. The molecule has 0 amide bonds. The highest BCUT2D eigenvalue weighted by atomic mass is 16.5. The largest absolute Gasteiger partial charge is 0.487 e. The fourth-order valence-corrected chi connectivity index (χ4v) is 3.79. The molecule has 2 atom stereocenters. The first-order valence-electron chi connectivity index (χ1n) is 8.87. The van der Waals surface area contributed by atoms with Gasteiger partial charge in [-0.25, -0.2) is 0 Å². The lowest BCUT2D eigenvalue weighted by molar-refractivity contribution is -0.0919. The summed E-state index contributed by atoms with van der Waals surface area (Å²) < 4.78 is 17.8. The summed E-state index contributed by atoms with van der Waals surface area (Å²) in [4.78, 5) is 2.38. The molecule has 1 aromatic heterocycles. The van der Waals surface area contributed by atoms with E-state index in [0.29, 0.717) is 11.8 Å². The number of rotatable bonds is 3. The van der Waals surface area contributed by atoms with E-state index in [1.54, 1.807) is 6.92 Å². The maximum atomic E-state index is 6.21. The average molecular weight is 343 g/mol. The second-order valence-electron chi connectivity index (χ2n) is 7.73. The van der Waals surface area contributed by atoms with Gasteiger partial charge < -0.3 is 13.9 Å². The fraction of sp³-hybridized carbons (Fsp3) is 0.579. The molecule has 0 unspecified atom stereocenters. The Morgan fingerprint density at radius 2 is 2.08 bits per heavy atom. The number of ether oxygens (including phenoxy) is 2. The van der Waals surface area contributed by atoms with Crippen LogP contribution in [0.2, 0.25) is 0 Å². The Bertz CT molecular complexity index is 771. The molecule has 2 aliphatic heterocycles. The highest BCUT2D eigenvalue weighted by Gasteiger charge is 2.34. The van der Waals surface area contributed by atoms with Gasteiger partial charge in [0.1, 0.15) is 17.5 Å². The zero-order chi connectivity index (χ0) is 17.6. The minimum absolute atomic E-state index is 0.111. The smallest absolute Gasteiger partial charge is 0.246 e. The van der Waals surface area contributed by atoms with Crippen LogP contribution in [0.4, 0.5) is 0 Å². The number of morpholine rings is 1. The van der Waals surface area contributed by atoms with Gasteiger partial charge in [0.2, 0.25) is 11.8 Å². The van der Waals surface area contributed by atoms with Crippen LogP contribution in [0.1, 0.15) is 49.8 Å². The van der Waals surface area contributed by atoms with E-state index in [1.165, 1.54) is 11.1 Å². The van der Waals surface area contributed by atoms with Crippen LogP contribution < -0.4 is 4.74 Å². The minimum atomic E-state index is -0.181. The van der Waals surface area contributed by atoms with Gasteiger partial charge in [-0.2, -0.15) is 0 Å². The Morgan fingerprint density at radius 1 is 1.24 bits per heavy atom. The fourth-order valence-electron chi connectivity index (χ4n) is 3.79. The summed E-state index contributed by atoms with van der Waals surface area (Å²) in [6.45, 7) is 10.6. The van der Waals surface area contributed by atoms with E-state index in [2.05, 4.69) is 54.1 Å². The molecule has 1 fully saturated rings. The second-order valence-corrected chi connectivity index (χ2v) is 7.73. The lowest BCUT2D eigenvalue weighted by atomic mass is 10.0. The van der Waals surface area contributed by atoms with Gasteiger partial charge in [-0.1, -0.05) is 18.2 Å². The van der Waals surface area contributed by atoms with Crippen molar-refractivity contribution in [2.75, 3.05) is 13.1 Å². The number of para-hydroxylation sites is 1. The molecule has 25 heavy (non-hydrogen) atoms. The van der Waals surface area contributed by atoms with E-state index >= 15 is 0 Å². The molecule has 134 valence electrons. The average Bonchev–Trinajstić information content (AvgIpc) is 3.09. The number of hydrogen-bond acceptors (Lipinski definition) is 6. The molecular weight excluding hydrogens is 318 g/mol. The normalized spacial score (nSPS) is 25.6. The van der Waals surface area contributed by atoms with Crippen LogP contribution in [0.25, 0.3) is 0 Å². The van der Waals surface area contributed by atoms with E-state index in [0.717, 1.165) is 31.8 Å². The number of fused-ring (bicyclic) bond motifs is 1. The molecule has 0 spiro atoms. The lowest BCUT2D eigenvalue weighted by Gasteiger charge is -2.35. The first-order chi connectivity index (χ1) is 11.9. The van der Waals surface area contributed by atoms with Gasteiger partial charge in [0.25, 0.3) is 0 Å². The highest BCUT2D eigenvalue weighted by molar-refractivity contribution is 5.45. The van der Waals surface area contributed by atoms with Gasteiger partial charge in [-0.15, -0.1) is 10.2 Å². The quantitative estimate of drug-likeness (QED) is 0.854. The molecule has 6 heteroatoms. The van der Waals surface area contributed by atoms with Crippen LogP contribution in [0, 0.1) is 6.92 Å². The summed E-state index contributed by atoms with van der Waals surface area (Å²) in [6.07, 6.45) is 0.888. The molecular formula is C19H25N3O3. The molecule has 0 aliphatic carbocycles. The molecule has 0 radical (unpaired) electrons. The summed E-state index contributed by atoms with van der Waals surface area (Å²) in [5.41, 5.74) is 2.41.